The average molecular weight is 458 g/mol. The molecule has 0 fully saturated rings. The SMILES string of the molecule is COc1cc(/C(C)=N/NC(=O)c2ccc(-n3cccc3)cc2)ccc1OCc1ccc(F)cc1. The Morgan fingerprint density at radius 1 is 0.941 bits per heavy atom. The Hall–Kier alpha value is -4.39. The largest absolute Gasteiger partial charge is 0.493 e. The normalized spacial score (nSPS) is 11.2. The van der Waals surface area contributed by atoms with Gasteiger partial charge in [-0.05, 0) is 79.2 Å². The van der Waals surface area contributed by atoms with E-state index >= 15 is 0 Å². The topological polar surface area (TPSA) is 64.8 Å². The first kappa shape index (κ1) is 22.8. The number of methoxy groups -OCH3 is 1. The molecule has 34 heavy (non-hydrogen) atoms. The smallest absolute Gasteiger partial charge is 0.271 e. The third-order valence-corrected chi connectivity index (χ3v) is 5.25. The Balaban J connectivity index is 1.40. The van der Waals surface area contributed by atoms with Gasteiger partial charge in [0, 0.05) is 29.2 Å². The minimum atomic E-state index is -0.301. The minimum absolute atomic E-state index is 0.280. The van der Waals surface area contributed by atoms with Crippen LogP contribution in [-0.4, -0.2) is 23.3 Å². The Labute approximate surface area is 197 Å². The first-order valence-corrected chi connectivity index (χ1v) is 10.7. The fourth-order valence-electron chi connectivity index (χ4n) is 3.31. The number of ether oxygens (including phenoxy) is 2. The molecule has 0 radical (unpaired) electrons. The highest BCUT2D eigenvalue weighted by molar-refractivity contribution is 6.01. The molecule has 172 valence electrons. The van der Waals surface area contributed by atoms with E-state index in [0.717, 1.165) is 16.8 Å². The molecule has 0 aliphatic rings. The molecule has 1 amide bonds. The molecule has 0 atom stereocenters. The summed E-state index contributed by atoms with van der Waals surface area (Å²) in [7, 11) is 1.55. The van der Waals surface area contributed by atoms with Crippen LogP contribution in [-0.2, 0) is 6.61 Å². The van der Waals surface area contributed by atoms with Gasteiger partial charge in [-0.15, -0.1) is 0 Å². The second-order valence-corrected chi connectivity index (χ2v) is 7.56. The van der Waals surface area contributed by atoms with Crippen LogP contribution in [0.3, 0.4) is 0 Å². The minimum Gasteiger partial charge on any atom is -0.493 e. The molecule has 3 aromatic carbocycles. The average Bonchev–Trinajstić information content (AvgIpc) is 3.42. The Morgan fingerprint density at radius 3 is 2.29 bits per heavy atom. The molecule has 1 aromatic heterocycles. The monoisotopic (exact) mass is 457 g/mol. The van der Waals surface area contributed by atoms with Crippen molar-refractivity contribution in [1.82, 2.24) is 9.99 Å². The fourth-order valence-corrected chi connectivity index (χ4v) is 3.31. The molecule has 1 heterocycles. The van der Waals surface area contributed by atoms with Crippen LogP contribution >= 0.6 is 0 Å². The van der Waals surface area contributed by atoms with E-state index in [1.165, 1.54) is 12.1 Å². The zero-order valence-electron chi connectivity index (χ0n) is 18.9. The molecular formula is C27H24FN3O3. The van der Waals surface area contributed by atoms with E-state index in [9.17, 15) is 9.18 Å². The number of amides is 1. The van der Waals surface area contributed by atoms with Crippen LogP contribution in [0.4, 0.5) is 4.39 Å². The highest BCUT2D eigenvalue weighted by Crippen LogP contribution is 2.29. The first-order valence-electron chi connectivity index (χ1n) is 10.7. The van der Waals surface area contributed by atoms with E-state index in [1.807, 2.05) is 47.3 Å². The molecule has 0 unspecified atom stereocenters. The second-order valence-electron chi connectivity index (χ2n) is 7.56. The maximum absolute atomic E-state index is 13.1. The van der Waals surface area contributed by atoms with Gasteiger partial charge in [0.1, 0.15) is 12.4 Å². The van der Waals surface area contributed by atoms with E-state index in [2.05, 4.69) is 10.5 Å². The van der Waals surface area contributed by atoms with Crippen molar-refractivity contribution in [3.63, 3.8) is 0 Å². The van der Waals surface area contributed by atoms with Crippen LogP contribution in [0.25, 0.3) is 5.69 Å². The number of halogens is 1. The van der Waals surface area contributed by atoms with E-state index in [0.29, 0.717) is 22.8 Å². The molecule has 0 saturated carbocycles. The third kappa shape index (κ3) is 5.50. The fraction of sp³-hybridized carbons (Fsp3) is 0.111. The van der Waals surface area contributed by atoms with Gasteiger partial charge in [0.15, 0.2) is 11.5 Å². The van der Waals surface area contributed by atoms with E-state index in [4.69, 9.17) is 9.47 Å². The van der Waals surface area contributed by atoms with Crippen molar-refractivity contribution in [2.24, 2.45) is 5.10 Å². The standard InChI is InChI=1S/C27H24FN3O3/c1-19(29-30-27(32)21-7-12-24(13-8-21)31-15-3-4-16-31)22-9-14-25(26(17-22)33-2)34-18-20-5-10-23(28)11-6-20/h3-17H,18H2,1-2H3,(H,30,32)/b29-19+. The molecule has 6 nitrogen and oxygen atoms in total. The van der Waals surface area contributed by atoms with Crippen LogP contribution < -0.4 is 14.9 Å². The van der Waals surface area contributed by atoms with Crippen LogP contribution in [0.15, 0.2) is 96.4 Å². The molecule has 0 saturated heterocycles. The maximum Gasteiger partial charge on any atom is 0.271 e. The highest BCUT2D eigenvalue weighted by Gasteiger charge is 2.10. The molecule has 4 aromatic rings. The lowest BCUT2D eigenvalue weighted by Gasteiger charge is -2.12. The lowest BCUT2D eigenvalue weighted by molar-refractivity contribution is 0.0955. The van der Waals surface area contributed by atoms with Gasteiger partial charge in [0.2, 0.25) is 0 Å². The Morgan fingerprint density at radius 2 is 1.62 bits per heavy atom. The number of nitrogens with zero attached hydrogens (tertiary/aromatic N) is 2. The van der Waals surface area contributed by atoms with E-state index in [-0.39, 0.29) is 18.3 Å². The van der Waals surface area contributed by atoms with Crippen molar-refractivity contribution in [3.8, 4) is 17.2 Å². The summed E-state index contributed by atoms with van der Waals surface area (Å²) < 4.78 is 26.3. The third-order valence-electron chi connectivity index (χ3n) is 5.25. The Kier molecular flexibility index (Phi) is 7.03. The highest BCUT2D eigenvalue weighted by atomic mass is 19.1. The number of hydrogen-bond donors (Lipinski definition) is 1. The van der Waals surface area contributed by atoms with Crippen molar-refractivity contribution in [2.75, 3.05) is 7.11 Å². The molecule has 0 bridgehead atoms. The van der Waals surface area contributed by atoms with Crippen LogP contribution in [0.5, 0.6) is 11.5 Å². The van der Waals surface area contributed by atoms with Crippen molar-refractivity contribution in [2.45, 2.75) is 13.5 Å². The number of aromatic nitrogens is 1. The Bertz CT molecular complexity index is 1280. The summed E-state index contributed by atoms with van der Waals surface area (Å²) in [4.78, 5) is 12.5. The van der Waals surface area contributed by atoms with Gasteiger partial charge < -0.3 is 14.0 Å². The van der Waals surface area contributed by atoms with Gasteiger partial charge >= 0.3 is 0 Å². The van der Waals surface area contributed by atoms with Gasteiger partial charge in [-0.3, -0.25) is 4.79 Å². The lowest BCUT2D eigenvalue weighted by Crippen LogP contribution is -2.19. The summed E-state index contributed by atoms with van der Waals surface area (Å²) in [6, 6.07) is 22.7. The van der Waals surface area contributed by atoms with Crippen molar-refractivity contribution >= 4 is 11.6 Å². The van der Waals surface area contributed by atoms with Gasteiger partial charge in [0.05, 0.1) is 12.8 Å². The number of benzene rings is 3. The number of carbonyl (C=O) groups excluding carboxylic acids is 1. The zero-order valence-corrected chi connectivity index (χ0v) is 18.9. The first-order chi connectivity index (χ1) is 16.5. The van der Waals surface area contributed by atoms with E-state index < -0.39 is 0 Å². The molecule has 0 aliphatic heterocycles. The predicted octanol–water partition coefficient (Wildman–Crippen LogP) is 5.36. The lowest BCUT2D eigenvalue weighted by atomic mass is 10.1. The van der Waals surface area contributed by atoms with Crippen molar-refractivity contribution < 1.29 is 18.7 Å². The molecule has 0 aliphatic carbocycles. The molecule has 1 N–H and O–H groups in total. The predicted molar refractivity (Wildman–Crippen MR) is 129 cm³/mol. The van der Waals surface area contributed by atoms with Crippen LogP contribution in [0.1, 0.15) is 28.4 Å². The number of hydrazone groups is 1. The summed E-state index contributed by atoms with van der Waals surface area (Å²) in [5, 5.41) is 4.23. The van der Waals surface area contributed by atoms with Gasteiger partial charge in [0.25, 0.3) is 5.91 Å². The number of rotatable bonds is 8. The maximum atomic E-state index is 13.1. The molecule has 7 heteroatoms. The van der Waals surface area contributed by atoms with Crippen molar-refractivity contribution in [3.05, 3.63) is 114 Å². The molecular weight excluding hydrogens is 433 g/mol. The summed E-state index contributed by atoms with van der Waals surface area (Å²) >= 11 is 0. The summed E-state index contributed by atoms with van der Waals surface area (Å²) in [6.07, 6.45) is 3.88. The van der Waals surface area contributed by atoms with E-state index in [1.54, 1.807) is 50.4 Å². The summed E-state index contributed by atoms with van der Waals surface area (Å²) in [5.41, 5.74) is 6.30. The quantitative estimate of drug-likeness (QED) is 0.286. The van der Waals surface area contributed by atoms with Crippen molar-refractivity contribution in [1.29, 1.82) is 0 Å². The zero-order chi connectivity index (χ0) is 23.9. The molecule has 0 spiro atoms. The number of hydrogen-bond acceptors (Lipinski definition) is 4. The van der Waals surface area contributed by atoms with Crippen LogP contribution in [0.2, 0.25) is 0 Å². The van der Waals surface area contributed by atoms with Crippen LogP contribution in [0, 0.1) is 5.82 Å². The molecule has 4 rings (SSSR count). The summed E-state index contributed by atoms with van der Waals surface area (Å²) in [6.45, 7) is 2.07. The van der Waals surface area contributed by atoms with Gasteiger partial charge in [-0.2, -0.15) is 5.10 Å². The number of nitrogens with one attached hydrogen (secondary N) is 1. The van der Waals surface area contributed by atoms with Gasteiger partial charge in [-0.1, -0.05) is 12.1 Å². The second kappa shape index (κ2) is 10.5. The summed E-state index contributed by atoms with van der Waals surface area (Å²) in [5.74, 6) is 0.488. The number of carbonyl (C=O) groups is 1. The van der Waals surface area contributed by atoms with Gasteiger partial charge in [-0.25, -0.2) is 9.82 Å².